The van der Waals surface area contributed by atoms with Gasteiger partial charge in [-0.1, -0.05) is 0 Å². The molecule has 0 aromatic heterocycles. The molecule has 2 aliphatic rings. The predicted octanol–water partition coefficient (Wildman–Crippen LogP) is -1.53. The quantitative estimate of drug-likeness (QED) is 0.646. The molecule has 8 nitrogen and oxygen atoms in total. The highest BCUT2D eigenvalue weighted by atomic mass is 32.2. The average Bonchev–Trinajstić information content (AvgIpc) is 2.38. The van der Waals surface area contributed by atoms with Crippen LogP contribution in [-0.2, 0) is 24.2 Å². The van der Waals surface area contributed by atoms with E-state index >= 15 is 0 Å². The number of sulfone groups is 1. The normalized spacial score (nSPS) is 29.0. The fourth-order valence-corrected chi connectivity index (χ4v) is 4.19. The maximum absolute atomic E-state index is 12.3. The van der Waals surface area contributed by atoms with Crippen molar-refractivity contribution in [3.05, 3.63) is 0 Å². The zero-order valence-electron chi connectivity index (χ0n) is 11.7. The molecular formula is C12H20N2O6S. The third kappa shape index (κ3) is 4.65. The monoisotopic (exact) mass is 320 g/mol. The predicted molar refractivity (Wildman–Crippen MR) is 73.6 cm³/mol. The molecule has 0 bridgehead atoms. The number of hydrogen-bond acceptors (Lipinski definition) is 6. The van der Waals surface area contributed by atoms with Crippen LogP contribution in [0.1, 0.15) is 12.8 Å². The van der Waals surface area contributed by atoms with Gasteiger partial charge in [0.15, 0.2) is 9.84 Å². The molecular weight excluding hydrogens is 300 g/mol. The highest BCUT2D eigenvalue weighted by molar-refractivity contribution is 7.91. The maximum Gasteiger partial charge on any atom is 0.305 e. The van der Waals surface area contributed by atoms with Crippen LogP contribution in [0.5, 0.6) is 0 Å². The number of carboxylic acid groups (broad SMARTS) is 1. The van der Waals surface area contributed by atoms with Gasteiger partial charge in [0.05, 0.1) is 37.2 Å². The van der Waals surface area contributed by atoms with Gasteiger partial charge < -0.3 is 20.1 Å². The van der Waals surface area contributed by atoms with Crippen LogP contribution in [0.15, 0.2) is 0 Å². The van der Waals surface area contributed by atoms with Gasteiger partial charge >= 0.3 is 5.97 Å². The molecule has 1 amide bonds. The molecule has 2 N–H and O–H groups in total. The summed E-state index contributed by atoms with van der Waals surface area (Å²) in [4.78, 5) is 24.6. The smallest absolute Gasteiger partial charge is 0.305 e. The van der Waals surface area contributed by atoms with Crippen LogP contribution >= 0.6 is 0 Å². The minimum Gasteiger partial charge on any atom is -0.481 e. The van der Waals surface area contributed by atoms with Gasteiger partial charge in [-0.05, 0) is 0 Å². The summed E-state index contributed by atoms with van der Waals surface area (Å²) >= 11 is 0. The van der Waals surface area contributed by atoms with Gasteiger partial charge in [-0.15, -0.1) is 0 Å². The minimum atomic E-state index is -3.27. The average molecular weight is 320 g/mol. The molecule has 0 saturated carbocycles. The van der Waals surface area contributed by atoms with E-state index in [0.29, 0.717) is 19.8 Å². The van der Waals surface area contributed by atoms with Gasteiger partial charge in [-0.3, -0.25) is 9.59 Å². The van der Waals surface area contributed by atoms with Crippen molar-refractivity contribution >= 4 is 21.7 Å². The molecule has 2 saturated heterocycles. The molecule has 0 radical (unpaired) electrons. The zero-order chi connectivity index (χ0) is 15.5. The van der Waals surface area contributed by atoms with Crippen LogP contribution in [0.3, 0.4) is 0 Å². The molecule has 2 atom stereocenters. The molecule has 0 aromatic rings. The number of carbonyl (C=O) groups is 2. The summed E-state index contributed by atoms with van der Waals surface area (Å²) in [6.07, 6.45) is -0.157. The number of nitrogens with one attached hydrogen (secondary N) is 1. The van der Waals surface area contributed by atoms with E-state index in [-0.39, 0.29) is 42.8 Å². The largest absolute Gasteiger partial charge is 0.481 e. The Morgan fingerprint density at radius 2 is 2.10 bits per heavy atom. The molecule has 0 aromatic carbocycles. The first-order valence-electron chi connectivity index (χ1n) is 6.90. The van der Waals surface area contributed by atoms with E-state index in [1.807, 2.05) is 0 Å². The Kier molecular flexibility index (Phi) is 5.17. The summed E-state index contributed by atoms with van der Waals surface area (Å²) in [5.41, 5.74) is 0. The summed E-state index contributed by atoms with van der Waals surface area (Å²) in [7, 11) is -3.27. The van der Waals surface area contributed by atoms with Crippen molar-refractivity contribution in [1.29, 1.82) is 0 Å². The van der Waals surface area contributed by atoms with E-state index < -0.39 is 21.8 Å². The third-order valence-electron chi connectivity index (χ3n) is 3.68. The lowest BCUT2D eigenvalue weighted by Crippen LogP contribution is -2.54. The van der Waals surface area contributed by atoms with Crippen molar-refractivity contribution in [1.82, 2.24) is 10.2 Å². The molecule has 2 aliphatic heterocycles. The Balaban J connectivity index is 2.00. The standard InChI is InChI=1S/C12H20N2O6S/c15-11(5-9-7-20-3-1-13-9)14-2-4-21(18,19)8-10(14)6-12(16)17/h9-10,13H,1-8H2,(H,16,17). The van der Waals surface area contributed by atoms with Crippen LogP contribution in [0.25, 0.3) is 0 Å². The van der Waals surface area contributed by atoms with Crippen molar-refractivity contribution in [3.63, 3.8) is 0 Å². The molecule has 9 heteroatoms. The Hall–Kier alpha value is -1.19. The Labute approximate surface area is 123 Å². The Bertz CT molecular complexity index is 500. The van der Waals surface area contributed by atoms with E-state index in [1.165, 1.54) is 4.90 Å². The number of morpholine rings is 1. The maximum atomic E-state index is 12.3. The summed E-state index contributed by atoms with van der Waals surface area (Å²) in [6.45, 7) is 1.77. The molecule has 120 valence electrons. The van der Waals surface area contributed by atoms with Crippen LogP contribution in [0.4, 0.5) is 0 Å². The molecule has 0 spiro atoms. The van der Waals surface area contributed by atoms with Crippen molar-refractivity contribution in [2.75, 3.05) is 37.8 Å². The van der Waals surface area contributed by atoms with Gasteiger partial charge in [0, 0.05) is 25.6 Å². The molecule has 2 unspecified atom stereocenters. The fourth-order valence-electron chi connectivity index (χ4n) is 2.66. The van der Waals surface area contributed by atoms with Crippen LogP contribution in [0.2, 0.25) is 0 Å². The second-order valence-corrected chi connectivity index (χ2v) is 7.61. The van der Waals surface area contributed by atoms with E-state index in [9.17, 15) is 18.0 Å². The number of ether oxygens (including phenoxy) is 1. The molecule has 2 fully saturated rings. The summed E-state index contributed by atoms with van der Waals surface area (Å²) in [5.74, 6) is -1.71. The van der Waals surface area contributed by atoms with Crippen molar-refractivity contribution in [3.8, 4) is 0 Å². The van der Waals surface area contributed by atoms with Crippen molar-refractivity contribution < 1.29 is 27.9 Å². The summed E-state index contributed by atoms with van der Waals surface area (Å²) < 4.78 is 28.5. The lowest BCUT2D eigenvalue weighted by atomic mass is 10.1. The van der Waals surface area contributed by atoms with E-state index in [0.717, 1.165) is 0 Å². The van der Waals surface area contributed by atoms with Crippen molar-refractivity contribution in [2.45, 2.75) is 24.9 Å². The minimum absolute atomic E-state index is 0.0622. The summed E-state index contributed by atoms with van der Waals surface area (Å²) in [5, 5.41) is 12.0. The van der Waals surface area contributed by atoms with E-state index in [1.54, 1.807) is 0 Å². The van der Waals surface area contributed by atoms with Crippen LogP contribution in [-0.4, -0.2) is 80.2 Å². The number of nitrogens with zero attached hydrogens (tertiary/aromatic N) is 1. The van der Waals surface area contributed by atoms with Gasteiger partial charge in [0.25, 0.3) is 0 Å². The number of hydrogen-bond donors (Lipinski definition) is 2. The van der Waals surface area contributed by atoms with Crippen molar-refractivity contribution in [2.24, 2.45) is 0 Å². The highest BCUT2D eigenvalue weighted by Crippen LogP contribution is 2.17. The van der Waals surface area contributed by atoms with Crippen LogP contribution < -0.4 is 5.32 Å². The lowest BCUT2D eigenvalue weighted by Gasteiger charge is -2.36. The number of amides is 1. The Morgan fingerprint density at radius 1 is 1.33 bits per heavy atom. The fraction of sp³-hybridized carbons (Fsp3) is 0.833. The Morgan fingerprint density at radius 3 is 2.71 bits per heavy atom. The zero-order valence-corrected chi connectivity index (χ0v) is 12.5. The SMILES string of the molecule is O=C(O)CC1CS(=O)(=O)CCN1C(=O)CC1COCCN1. The molecule has 0 aliphatic carbocycles. The number of aliphatic carboxylic acids is 1. The first kappa shape index (κ1) is 16.2. The van der Waals surface area contributed by atoms with Gasteiger partial charge in [0.2, 0.25) is 5.91 Å². The van der Waals surface area contributed by atoms with Gasteiger partial charge in [-0.2, -0.15) is 0 Å². The molecule has 21 heavy (non-hydrogen) atoms. The highest BCUT2D eigenvalue weighted by Gasteiger charge is 2.36. The molecule has 2 rings (SSSR count). The van der Waals surface area contributed by atoms with E-state index in [2.05, 4.69) is 5.32 Å². The van der Waals surface area contributed by atoms with E-state index in [4.69, 9.17) is 9.84 Å². The lowest BCUT2D eigenvalue weighted by molar-refractivity contribution is -0.140. The summed E-state index contributed by atoms with van der Waals surface area (Å²) in [6, 6.07) is -0.881. The number of carboxylic acids is 1. The molecule has 2 heterocycles. The van der Waals surface area contributed by atoms with Crippen LogP contribution in [0, 0.1) is 0 Å². The number of rotatable bonds is 4. The first-order chi connectivity index (χ1) is 9.87. The topological polar surface area (TPSA) is 113 Å². The third-order valence-corrected chi connectivity index (χ3v) is 5.38. The second kappa shape index (κ2) is 6.71. The second-order valence-electron chi connectivity index (χ2n) is 5.38. The number of carbonyl (C=O) groups excluding carboxylic acids is 1. The van der Waals surface area contributed by atoms with Gasteiger partial charge in [0.1, 0.15) is 0 Å². The van der Waals surface area contributed by atoms with Gasteiger partial charge in [-0.25, -0.2) is 8.42 Å². The first-order valence-corrected chi connectivity index (χ1v) is 8.72.